The smallest absolute Gasteiger partial charge is 0.311 e. The topological polar surface area (TPSA) is 152 Å². The van der Waals surface area contributed by atoms with Gasteiger partial charge in [-0.05, 0) is 24.3 Å². The van der Waals surface area contributed by atoms with E-state index in [1.165, 1.54) is 41.1 Å². The molecule has 2 aromatic carbocycles. The first-order chi connectivity index (χ1) is 14.5. The fourth-order valence-electron chi connectivity index (χ4n) is 2.59. The van der Waals surface area contributed by atoms with Crippen molar-refractivity contribution in [2.24, 2.45) is 0 Å². The Morgan fingerprint density at radius 2 is 1.77 bits per heavy atom. The Morgan fingerprint density at radius 3 is 2.50 bits per heavy atom. The largest absolute Gasteiger partial charge is 0.464 e. The van der Waals surface area contributed by atoms with Gasteiger partial charge in [-0.3, -0.25) is 20.2 Å². The summed E-state index contributed by atoms with van der Waals surface area (Å²) in [4.78, 5) is 25.0. The van der Waals surface area contributed by atoms with Crippen molar-refractivity contribution in [2.75, 3.05) is 0 Å². The van der Waals surface area contributed by atoms with E-state index in [4.69, 9.17) is 9.26 Å². The van der Waals surface area contributed by atoms with Crippen LogP contribution in [0.3, 0.4) is 0 Å². The van der Waals surface area contributed by atoms with Crippen LogP contribution in [0.4, 0.5) is 11.4 Å². The van der Waals surface area contributed by atoms with Crippen LogP contribution < -0.4 is 4.74 Å². The number of para-hydroxylation sites is 2. The Balaban J connectivity index is 1.47. The van der Waals surface area contributed by atoms with Gasteiger partial charge in [-0.25, -0.2) is 4.68 Å². The van der Waals surface area contributed by atoms with Gasteiger partial charge in [0.2, 0.25) is 5.82 Å². The molecule has 0 aliphatic rings. The summed E-state index contributed by atoms with van der Waals surface area (Å²) < 4.78 is 12.1. The first kappa shape index (κ1) is 18.7. The molecule has 0 bridgehead atoms. The van der Waals surface area contributed by atoms with Gasteiger partial charge in [0.05, 0.1) is 9.85 Å². The molecule has 2 heterocycles. The third kappa shape index (κ3) is 3.82. The Kier molecular flexibility index (Phi) is 4.87. The van der Waals surface area contributed by atoms with Gasteiger partial charge in [0, 0.05) is 30.0 Å². The Labute approximate surface area is 167 Å². The van der Waals surface area contributed by atoms with E-state index in [2.05, 4.69) is 15.2 Å². The lowest BCUT2D eigenvalue weighted by atomic mass is 10.2. The molecule has 4 rings (SSSR count). The molecule has 150 valence electrons. The molecule has 0 aliphatic heterocycles. The molecule has 0 saturated heterocycles. The summed E-state index contributed by atoms with van der Waals surface area (Å²) in [5.41, 5.74) is 0.742. The summed E-state index contributed by atoms with van der Waals surface area (Å²) in [6.45, 7) is -0.0613. The molecule has 0 saturated carbocycles. The first-order valence-corrected chi connectivity index (χ1v) is 8.50. The van der Waals surface area contributed by atoms with E-state index in [1.54, 1.807) is 24.4 Å². The van der Waals surface area contributed by atoms with Gasteiger partial charge in [-0.2, -0.15) is 10.1 Å². The lowest BCUT2D eigenvalue weighted by Crippen LogP contribution is -2.07. The van der Waals surface area contributed by atoms with Gasteiger partial charge in [0.25, 0.3) is 11.6 Å². The van der Waals surface area contributed by atoms with Crippen LogP contribution in [0.25, 0.3) is 23.0 Å². The lowest BCUT2D eigenvalue weighted by Gasteiger charge is -2.06. The second-order valence-corrected chi connectivity index (χ2v) is 5.97. The molecule has 4 aromatic rings. The van der Waals surface area contributed by atoms with E-state index >= 15 is 0 Å². The molecule has 0 amide bonds. The van der Waals surface area contributed by atoms with E-state index in [9.17, 15) is 20.2 Å². The zero-order valence-electron chi connectivity index (χ0n) is 15.1. The van der Waals surface area contributed by atoms with E-state index < -0.39 is 9.85 Å². The SMILES string of the molecule is O=[N+]([O-])c1ccc(-c2noc(-c3ccn(COc4ccccc4[N+](=O)[O-])n3)n2)cc1. The standard InChI is InChI=1S/C18H12N6O6/c25-23(26)13-7-5-12(6-8-13)17-19-18(30-21-17)14-9-10-22(20-14)11-29-16-4-2-1-3-15(16)24(27)28/h1-10H,11H2. The van der Waals surface area contributed by atoms with E-state index in [-0.39, 0.29) is 35.6 Å². The predicted molar refractivity (Wildman–Crippen MR) is 101 cm³/mol. The minimum Gasteiger partial charge on any atom is -0.464 e. The molecular weight excluding hydrogens is 396 g/mol. The molecule has 0 spiro atoms. The van der Waals surface area contributed by atoms with Crippen LogP contribution in [0, 0.1) is 20.2 Å². The number of nitro benzene ring substituents is 2. The van der Waals surface area contributed by atoms with Crippen molar-refractivity contribution < 1.29 is 19.1 Å². The molecule has 0 aliphatic carbocycles. The quantitative estimate of drug-likeness (QED) is 0.330. The maximum absolute atomic E-state index is 11.0. The van der Waals surface area contributed by atoms with Gasteiger partial charge >= 0.3 is 5.69 Å². The van der Waals surface area contributed by atoms with Crippen molar-refractivity contribution in [3.63, 3.8) is 0 Å². The van der Waals surface area contributed by atoms with Crippen LogP contribution in [0.15, 0.2) is 65.3 Å². The average molecular weight is 408 g/mol. The summed E-state index contributed by atoms with van der Waals surface area (Å²) in [6, 6.07) is 13.4. The third-order valence-corrected chi connectivity index (χ3v) is 4.04. The molecule has 30 heavy (non-hydrogen) atoms. The van der Waals surface area contributed by atoms with Crippen molar-refractivity contribution in [3.8, 4) is 28.7 Å². The molecule has 12 heteroatoms. The first-order valence-electron chi connectivity index (χ1n) is 8.50. The Morgan fingerprint density at radius 1 is 1.00 bits per heavy atom. The Hall–Kier alpha value is -4.61. The second kappa shape index (κ2) is 7.79. The van der Waals surface area contributed by atoms with E-state index in [1.807, 2.05) is 0 Å². The molecule has 0 N–H and O–H groups in total. The van der Waals surface area contributed by atoms with Crippen molar-refractivity contribution in [3.05, 3.63) is 81.0 Å². The number of aromatic nitrogens is 4. The van der Waals surface area contributed by atoms with Gasteiger partial charge in [-0.15, -0.1) is 0 Å². The normalized spacial score (nSPS) is 10.7. The molecular formula is C18H12N6O6. The highest BCUT2D eigenvalue weighted by atomic mass is 16.6. The van der Waals surface area contributed by atoms with Crippen molar-refractivity contribution in [1.82, 2.24) is 19.9 Å². The number of ether oxygens (including phenoxy) is 1. The van der Waals surface area contributed by atoms with Gasteiger partial charge in [0.15, 0.2) is 18.2 Å². The molecule has 2 aromatic heterocycles. The number of hydrogen-bond acceptors (Lipinski definition) is 9. The monoisotopic (exact) mass is 408 g/mol. The van der Waals surface area contributed by atoms with Crippen molar-refractivity contribution >= 4 is 11.4 Å². The molecule has 0 unspecified atom stereocenters. The van der Waals surface area contributed by atoms with Crippen molar-refractivity contribution in [1.29, 1.82) is 0 Å². The minimum atomic E-state index is -0.526. The van der Waals surface area contributed by atoms with Crippen LogP contribution in [0.5, 0.6) is 5.75 Å². The summed E-state index contributed by atoms with van der Waals surface area (Å²) in [5.74, 6) is 0.524. The summed E-state index contributed by atoms with van der Waals surface area (Å²) >= 11 is 0. The fourth-order valence-corrected chi connectivity index (χ4v) is 2.59. The highest BCUT2D eigenvalue weighted by Crippen LogP contribution is 2.26. The lowest BCUT2D eigenvalue weighted by molar-refractivity contribution is -0.386. The Bertz CT molecular complexity index is 1220. The molecule has 0 atom stereocenters. The minimum absolute atomic E-state index is 0.0418. The highest BCUT2D eigenvalue weighted by molar-refractivity contribution is 5.59. The molecule has 0 fully saturated rings. The van der Waals surface area contributed by atoms with Gasteiger partial charge in [-0.1, -0.05) is 17.3 Å². The number of benzene rings is 2. The van der Waals surface area contributed by atoms with Crippen LogP contribution in [0.2, 0.25) is 0 Å². The number of non-ortho nitro benzene ring substituents is 1. The van der Waals surface area contributed by atoms with Crippen LogP contribution in [-0.4, -0.2) is 29.8 Å². The number of hydrogen-bond donors (Lipinski definition) is 0. The third-order valence-electron chi connectivity index (χ3n) is 4.04. The maximum atomic E-state index is 11.0. The molecule has 0 radical (unpaired) electrons. The second-order valence-electron chi connectivity index (χ2n) is 5.97. The van der Waals surface area contributed by atoms with Crippen LogP contribution in [0.1, 0.15) is 0 Å². The summed E-state index contributed by atoms with van der Waals surface area (Å²) in [5, 5.41) is 29.9. The van der Waals surface area contributed by atoms with E-state index in [0.29, 0.717) is 11.3 Å². The maximum Gasteiger partial charge on any atom is 0.311 e. The zero-order valence-corrected chi connectivity index (χ0v) is 15.1. The summed E-state index contributed by atoms with van der Waals surface area (Å²) in [6.07, 6.45) is 1.60. The van der Waals surface area contributed by atoms with Gasteiger partial charge in [0.1, 0.15) is 0 Å². The summed E-state index contributed by atoms with van der Waals surface area (Å²) in [7, 11) is 0. The highest BCUT2D eigenvalue weighted by Gasteiger charge is 2.16. The number of nitro groups is 2. The van der Waals surface area contributed by atoms with Crippen molar-refractivity contribution in [2.45, 2.75) is 6.73 Å². The van der Waals surface area contributed by atoms with Crippen LogP contribution in [-0.2, 0) is 6.73 Å². The van der Waals surface area contributed by atoms with Crippen LogP contribution >= 0.6 is 0 Å². The average Bonchev–Trinajstić information content (AvgIpc) is 3.42. The number of rotatable bonds is 7. The predicted octanol–water partition coefficient (Wildman–Crippen LogP) is 3.45. The zero-order chi connectivity index (χ0) is 21.1. The molecule has 12 nitrogen and oxygen atoms in total. The number of nitrogens with zero attached hydrogens (tertiary/aromatic N) is 6. The van der Waals surface area contributed by atoms with Gasteiger partial charge < -0.3 is 9.26 Å². The van der Waals surface area contributed by atoms with E-state index in [0.717, 1.165) is 0 Å². The fraction of sp³-hybridized carbons (Fsp3) is 0.0556.